The summed E-state index contributed by atoms with van der Waals surface area (Å²) < 4.78 is 6.77. The molecule has 0 radical (unpaired) electrons. The minimum Gasteiger partial charge on any atom is -0.422 e. The highest BCUT2D eigenvalue weighted by Crippen LogP contribution is 2.34. The molecule has 0 spiro atoms. The van der Waals surface area contributed by atoms with E-state index in [1.165, 1.54) is 51.9 Å². The minimum absolute atomic E-state index is 0.257. The van der Waals surface area contributed by atoms with Crippen LogP contribution in [0.4, 0.5) is 0 Å². The second kappa shape index (κ2) is 10.0. The maximum absolute atomic E-state index is 12.4. The smallest absolute Gasteiger partial charge is 0.353 e. The molecule has 2 heterocycles. The van der Waals surface area contributed by atoms with E-state index in [1.54, 1.807) is 11.3 Å². The zero-order chi connectivity index (χ0) is 19.1. The van der Waals surface area contributed by atoms with Gasteiger partial charge in [0.1, 0.15) is 10.6 Å². The first-order valence-electron chi connectivity index (χ1n) is 10.0. The summed E-state index contributed by atoms with van der Waals surface area (Å²) >= 11 is 3.37. The first kappa shape index (κ1) is 20.1. The van der Waals surface area contributed by atoms with Gasteiger partial charge in [-0.2, -0.15) is 0 Å². The van der Waals surface area contributed by atoms with Gasteiger partial charge >= 0.3 is 5.97 Å². The molecule has 27 heavy (non-hydrogen) atoms. The third kappa shape index (κ3) is 5.66. The number of esters is 1. The third-order valence-corrected chi connectivity index (χ3v) is 7.10. The molecule has 0 aliphatic carbocycles. The van der Waals surface area contributed by atoms with Gasteiger partial charge in [0, 0.05) is 10.3 Å². The molecule has 1 aromatic carbocycles. The Kier molecular flexibility index (Phi) is 7.48. The normalized spacial score (nSPS) is 11.2. The number of hydrogen-bond donors (Lipinski definition) is 0. The van der Waals surface area contributed by atoms with Crippen molar-refractivity contribution in [1.29, 1.82) is 0 Å². The Balaban J connectivity index is 1.56. The number of benzene rings is 1. The van der Waals surface area contributed by atoms with Crippen LogP contribution in [-0.4, -0.2) is 5.97 Å². The summed E-state index contributed by atoms with van der Waals surface area (Å²) in [5.41, 5.74) is 1.27. The fourth-order valence-corrected chi connectivity index (χ4v) is 5.60. The number of hydrogen-bond acceptors (Lipinski definition) is 4. The van der Waals surface area contributed by atoms with Crippen molar-refractivity contribution in [2.24, 2.45) is 0 Å². The van der Waals surface area contributed by atoms with Crippen LogP contribution in [0, 0.1) is 0 Å². The lowest BCUT2D eigenvalue weighted by Crippen LogP contribution is -2.06. The van der Waals surface area contributed by atoms with E-state index in [9.17, 15) is 4.79 Å². The summed E-state index contributed by atoms with van der Waals surface area (Å²) in [6, 6.07) is 12.1. The first-order chi connectivity index (χ1) is 13.2. The highest BCUT2D eigenvalue weighted by Gasteiger charge is 2.15. The molecular weight excluding hydrogens is 372 g/mol. The fourth-order valence-electron chi connectivity index (χ4n) is 3.19. The number of unbranched alkanes of at least 4 members (excludes halogenated alkanes) is 4. The van der Waals surface area contributed by atoms with Crippen LogP contribution in [0.5, 0.6) is 5.75 Å². The number of carbonyl (C=O) groups is 1. The van der Waals surface area contributed by atoms with Crippen molar-refractivity contribution >= 4 is 38.0 Å². The quantitative estimate of drug-likeness (QED) is 0.198. The topological polar surface area (TPSA) is 26.3 Å². The molecule has 2 aromatic heterocycles. The van der Waals surface area contributed by atoms with Crippen molar-refractivity contribution in [3.8, 4) is 5.75 Å². The monoisotopic (exact) mass is 400 g/mol. The van der Waals surface area contributed by atoms with Crippen LogP contribution < -0.4 is 4.74 Å². The Labute approximate surface area is 170 Å². The van der Waals surface area contributed by atoms with Gasteiger partial charge in [0.05, 0.1) is 4.01 Å². The van der Waals surface area contributed by atoms with Gasteiger partial charge in [0.15, 0.2) is 0 Å². The highest BCUT2D eigenvalue weighted by atomic mass is 32.2. The average molecular weight is 401 g/mol. The molecule has 144 valence electrons. The van der Waals surface area contributed by atoms with Crippen molar-refractivity contribution in [1.82, 2.24) is 0 Å². The molecule has 0 amide bonds. The van der Waals surface area contributed by atoms with Crippen LogP contribution in [0.15, 0.2) is 36.4 Å². The number of thiophene rings is 2. The summed E-state index contributed by atoms with van der Waals surface area (Å²) in [5, 5.41) is 1.18. The molecule has 2 nitrogen and oxygen atoms in total. The SMILES string of the molecule is CCCCCCCc1cc2cc(C(=O)Oc3ccc(CCC)cc3)sc2s1. The number of fused-ring (bicyclic) bond motifs is 1. The molecule has 0 aliphatic rings. The Morgan fingerprint density at radius 1 is 0.889 bits per heavy atom. The van der Waals surface area contributed by atoms with Crippen LogP contribution in [0.3, 0.4) is 0 Å². The summed E-state index contributed by atoms with van der Waals surface area (Å²) in [5.74, 6) is 0.358. The molecule has 0 bridgehead atoms. The second-order valence-electron chi connectivity index (χ2n) is 7.01. The summed E-state index contributed by atoms with van der Waals surface area (Å²) in [7, 11) is 0. The van der Waals surface area contributed by atoms with Crippen molar-refractivity contribution < 1.29 is 9.53 Å². The van der Waals surface area contributed by atoms with E-state index < -0.39 is 0 Å². The van der Waals surface area contributed by atoms with E-state index in [1.807, 2.05) is 41.7 Å². The molecule has 0 saturated heterocycles. The van der Waals surface area contributed by atoms with Gasteiger partial charge in [-0.3, -0.25) is 0 Å². The standard InChI is InChI=1S/C23H28O2S2/c1-3-5-6-7-8-10-20-15-18-16-21(27-23(18)26-20)22(24)25-19-13-11-17(9-4-2)12-14-19/h11-16H,3-10H2,1-2H3. The number of ether oxygens (including phenoxy) is 1. The van der Waals surface area contributed by atoms with E-state index in [0.717, 1.165) is 19.3 Å². The number of carbonyl (C=O) groups excluding carboxylic acids is 1. The average Bonchev–Trinajstić information content (AvgIpc) is 3.22. The van der Waals surface area contributed by atoms with Crippen LogP contribution in [0.1, 0.15) is 72.5 Å². The Morgan fingerprint density at radius 2 is 1.67 bits per heavy atom. The predicted molar refractivity (Wildman–Crippen MR) is 118 cm³/mol. The molecule has 3 aromatic rings. The van der Waals surface area contributed by atoms with Crippen LogP contribution in [-0.2, 0) is 12.8 Å². The molecule has 0 fully saturated rings. The second-order valence-corrected chi connectivity index (χ2v) is 9.46. The number of rotatable bonds is 10. The molecule has 0 saturated carbocycles. The summed E-state index contributed by atoms with van der Waals surface area (Å²) in [6.45, 7) is 4.41. The third-order valence-electron chi connectivity index (χ3n) is 4.67. The molecular formula is C23H28O2S2. The molecule has 4 heteroatoms. The van der Waals surface area contributed by atoms with Gasteiger partial charge in [-0.15, -0.1) is 22.7 Å². The molecule has 0 aliphatic heterocycles. The van der Waals surface area contributed by atoms with Gasteiger partial charge < -0.3 is 4.74 Å². The molecule has 0 N–H and O–H groups in total. The van der Waals surface area contributed by atoms with Gasteiger partial charge in [0.25, 0.3) is 0 Å². The van der Waals surface area contributed by atoms with Crippen LogP contribution in [0.25, 0.3) is 9.40 Å². The van der Waals surface area contributed by atoms with Crippen molar-refractivity contribution in [3.05, 3.63) is 51.7 Å². The predicted octanol–water partition coefficient (Wildman–Crippen LogP) is 7.65. The maximum atomic E-state index is 12.4. The zero-order valence-electron chi connectivity index (χ0n) is 16.3. The lowest BCUT2D eigenvalue weighted by Gasteiger charge is -2.04. The summed E-state index contributed by atoms with van der Waals surface area (Å²) in [6.07, 6.45) is 9.86. The fraction of sp³-hybridized carbons (Fsp3) is 0.435. The van der Waals surface area contributed by atoms with E-state index >= 15 is 0 Å². The van der Waals surface area contributed by atoms with Gasteiger partial charge in [-0.1, -0.05) is 58.1 Å². The lowest BCUT2D eigenvalue weighted by atomic mass is 10.1. The largest absolute Gasteiger partial charge is 0.422 e. The van der Waals surface area contributed by atoms with Crippen LogP contribution >= 0.6 is 22.7 Å². The van der Waals surface area contributed by atoms with Gasteiger partial charge in [-0.25, -0.2) is 4.79 Å². The summed E-state index contributed by atoms with van der Waals surface area (Å²) in [4.78, 5) is 14.6. The zero-order valence-corrected chi connectivity index (χ0v) is 17.9. The van der Waals surface area contributed by atoms with E-state index in [-0.39, 0.29) is 5.97 Å². The van der Waals surface area contributed by atoms with Crippen molar-refractivity contribution in [3.63, 3.8) is 0 Å². The Hall–Kier alpha value is -1.65. The van der Waals surface area contributed by atoms with E-state index in [4.69, 9.17) is 4.74 Å². The van der Waals surface area contributed by atoms with Gasteiger partial charge in [-0.05, 0) is 49.1 Å². The molecule has 3 rings (SSSR count). The van der Waals surface area contributed by atoms with Crippen LogP contribution in [0.2, 0.25) is 0 Å². The first-order valence-corrected chi connectivity index (χ1v) is 11.7. The highest BCUT2D eigenvalue weighted by molar-refractivity contribution is 7.39. The van der Waals surface area contributed by atoms with E-state index in [0.29, 0.717) is 10.6 Å². The van der Waals surface area contributed by atoms with Crippen molar-refractivity contribution in [2.75, 3.05) is 0 Å². The van der Waals surface area contributed by atoms with Crippen molar-refractivity contribution in [2.45, 2.75) is 65.2 Å². The number of aryl methyl sites for hydroxylation is 2. The lowest BCUT2D eigenvalue weighted by molar-refractivity contribution is 0.0740. The maximum Gasteiger partial charge on any atom is 0.353 e. The van der Waals surface area contributed by atoms with E-state index in [2.05, 4.69) is 19.9 Å². The Bertz CT molecular complexity index is 827. The van der Waals surface area contributed by atoms with Gasteiger partial charge in [0.2, 0.25) is 0 Å². The minimum atomic E-state index is -0.257. The molecule has 0 unspecified atom stereocenters. The molecule has 0 atom stereocenters. The Morgan fingerprint density at radius 3 is 2.37 bits per heavy atom.